The van der Waals surface area contributed by atoms with Crippen molar-refractivity contribution < 1.29 is 19.1 Å². The lowest BCUT2D eigenvalue weighted by Gasteiger charge is -2.17. The predicted molar refractivity (Wildman–Crippen MR) is 98.4 cm³/mol. The van der Waals surface area contributed by atoms with Crippen LogP contribution in [0.1, 0.15) is 22.8 Å². The van der Waals surface area contributed by atoms with E-state index in [1.165, 1.54) is 25.1 Å². The minimum Gasteiger partial charge on any atom is -0.427 e. The van der Waals surface area contributed by atoms with Gasteiger partial charge in [-0.15, -0.1) is 0 Å². The van der Waals surface area contributed by atoms with Crippen molar-refractivity contribution in [3.05, 3.63) is 63.6 Å². The van der Waals surface area contributed by atoms with Gasteiger partial charge in [-0.05, 0) is 35.9 Å². The van der Waals surface area contributed by atoms with E-state index in [1.807, 2.05) is 0 Å². The predicted octanol–water partition coefficient (Wildman–Crippen LogP) is 2.75. The molecule has 0 aromatic heterocycles. The van der Waals surface area contributed by atoms with Crippen molar-refractivity contribution >= 4 is 41.0 Å². The van der Waals surface area contributed by atoms with Crippen molar-refractivity contribution in [3.8, 4) is 5.75 Å². The summed E-state index contributed by atoms with van der Waals surface area (Å²) < 4.78 is 4.94. The van der Waals surface area contributed by atoms with Gasteiger partial charge in [-0.1, -0.05) is 35.3 Å². The molecule has 8 heteroatoms. The molecule has 2 aromatic rings. The zero-order valence-corrected chi connectivity index (χ0v) is 15.3. The van der Waals surface area contributed by atoms with Crippen LogP contribution in [0.25, 0.3) is 0 Å². The lowest BCUT2D eigenvalue weighted by atomic mass is 10.0. The molecule has 136 valence electrons. The minimum absolute atomic E-state index is 0.112. The Hall–Kier alpha value is -2.57. The molecule has 0 unspecified atom stereocenters. The molecule has 0 heterocycles. The van der Waals surface area contributed by atoms with E-state index in [4.69, 9.17) is 33.7 Å². The second-order valence-corrected chi connectivity index (χ2v) is 6.33. The summed E-state index contributed by atoms with van der Waals surface area (Å²) in [4.78, 5) is 35.2. The highest BCUT2D eigenvalue weighted by Gasteiger charge is 2.21. The minimum atomic E-state index is -0.974. The van der Waals surface area contributed by atoms with Gasteiger partial charge in [0.2, 0.25) is 5.91 Å². The standard InChI is InChI=1S/C18H16Cl2N2O4/c1-10(23)26-14-4-2-3-12(7-14)18(25)22-16(17(21)24)8-11-5-6-13(19)9-15(11)20/h2-7,9,16H,8H2,1H3,(H2,21,24)(H,22,25)/t16-/m1/s1. The summed E-state index contributed by atoms with van der Waals surface area (Å²) in [6.07, 6.45) is 0.112. The van der Waals surface area contributed by atoms with Gasteiger partial charge in [0.1, 0.15) is 11.8 Å². The van der Waals surface area contributed by atoms with Crippen LogP contribution in [0.3, 0.4) is 0 Å². The molecule has 0 spiro atoms. The van der Waals surface area contributed by atoms with Gasteiger partial charge in [0.05, 0.1) is 0 Å². The van der Waals surface area contributed by atoms with Gasteiger partial charge in [0, 0.05) is 29.0 Å². The number of hydrogen-bond acceptors (Lipinski definition) is 4. The smallest absolute Gasteiger partial charge is 0.308 e. The average molecular weight is 395 g/mol. The summed E-state index contributed by atoms with van der Waals surface area (Å²) in [5.41, 5.74) is 6.23. The number of nitrogens with one attached hydrogen (secondary N) is 1. The molecule has 0 aliphatic heterocycles. The number of nitrogens with two attached hydrogens (primary N) is 1. The van der Waals surface area contributed by atoms with E-state index in [-0.39, 0.29) is 17.7 Å². The van der Waals surface area contributed by atoms with Crippen LogP contribution < -0.4 is 15.8 Å². The number of amides is 2. The van der Waals surface area contributed by atoms with E-state index in [0.29, 0.717) is 15.6 Å². The summed E-state index contributed by atoms with van der Waals surface area (Å²) in [6.45, 7) is 1.26. The maximum absolute atomic E-state index is 12.4. The summed E-state index contributed by atoms with van der Waals surface area (Å²) in [7, 11) is 0. The van der Waals surface area contributed by atoms with E-state index in [0.717, 1.165) is 0 Å². The van der Waals surface area contributed by atoms with Crippen LogP contribution in [0.5, 0.6) is 5.75 Å². The molecule has 26 heavy (non-hydrogen) atoms. The molecule has 0 saturated carbocycles. The number of hydrogen-bond donors (Lipinski definition) is 2. The quantitative estimate of drug-likeness (QED) is 0.581. The second-order valence-electron chi connectivity index (χ2n) is 5.49. The van der Waals surface area contributed by atoms with Gasteiger partial charge >= 0.3 is 5.97 Å². The van der Waals surface area contributed by atoms with Gasteiger partial charge in [0.25, 0.3) is 5.91 Å². The maximum Gasteiger partial charge on any atom is 0.308 e. The molecular weight excluding hydrogens is 379 g/mol. The van der Waals surface area contributed by atoms with Crippen molar-refractivity contribution in [2.75, 3.05) is 0 Å². The Morgan fingerprint density at radius 1 is 1.15 bits per heavy atom. The fourth-order valence-corrected chi connectivity index (χ4v) is 2.72. The molecule has 0 fully saturated rings. The Morgan fingerprint density at radius 3 is 2.50 bits per heavy atom. The van der Waals surface area contributed by atoms with Crippen molar-refractivity contribution in [1.82, 2.24) is 5.32 Å². The fraction of sp³-hybridized carbons (Fsp3) is 0.167. The van der Waals surface area contributed by atoms with Gasteiger partial charge in [0.15, 0.2) is 0 Å². The first kappa shape index (κ1) is 19.8. The molecule has 2 amide bonds. The van der Waals surface area contributed by atoms with Crippen LogP contribution >= 0.6 is 23.2 Å². The van der Waals surface area contributed by atoms with Crippen LogP contribution in [0.2, 0.25) is 10.0 Å². The topological polar surface area (TPSA) is 98.5 Å². The number of rotatable bonds is 6. The van der Waals surface area contributed by atoms with Crippen LogP contribution in [-0.2, 0) is 16.0 Å². The van der Waals surface area contributed by atoms with Crippen LogP contribution in [0, 0.1) is 0 Å². The monoisotopic (exact) mass is 394 g/mol. The fourth-order valence-electron chi connectivity index (χ4n) is 2.24. The maximum atomic E-state index is 12.4. The number of halogens is 2. The van der Waals surface area contributed by atoms with Crippen molar-refractivity contribution in [2.24, 2.45) is 5.73 Å². The highest BCUT2D eigenvalue weighted by Crippen LogP contribution is 2.22. The molecule has 0 saturated heterocycles. The molecule has 2 rings (SSSR count). The number of benzene rings is 2. The third-order valence-electron chi connectivity index (χ3n) is 3.45. The molecule has 0 aliphatic carbocycles. The number of primary amides is 1. The number of ether oxygens (including phenoxy) is 1. The van der Waals surface area contributed by atoms with Crippen LogP contribution in [0.4, 0.5) is 0 Å². The molecule has 0 radical (unpaired) electrons. The normalized spacial score (nSPS) is 11.5. The third kappa shape index (κ3) is 5.47. The van der Waals surface area contributed by atoms with Gasteiger partial charge < -0.3 is 15.8 Å². The summed E-state index contributed by atoms with van der Waals surface area (Å²) >= 11 is 12.0. The van der Waals surface area contributed by atoms with E-state index in [2.05, 4.69) is 5.32 Å². The lowest BCUT2D eigenvalue weighted by molar-refractivity contribution is -0.131. The molecule has 3 N–H and O–H groups in total. The van der Waals surface area contributed by atoms with Gasteiger partial charge in [-0.3, -0.25) is 14.4 Å². The van der Waals surface area contributed by atoms with Gasteiger partial charge in [-0.2, -0.15) is 0 Å². The summed E-state index contributed by atoms with van der Waals surface area (Å²) in [5.74, 6) is -1.52. The Bertz CT molecular complexity index is 855. The summed E-state index contributed by atoms with van der Waals surface area (Å²) in [5, 5.41) is 3.39. The Labute approximate surface area is 160 Å². The third-order valence-corrected chi connectivity index (χ3v) is 4.03. The number of carbonyl (C=O) groups is 3. The van der Waals surface area contributed by atoms with E-state index >= 15 is 0 Å². The van der Waals surface area contributed by atoms with E-state index in [1.54, 1.807) is 24.3 Å². The van der Waals surface area contributed by atoms with E-state index in [9.17, 15) is 14.4 Å². The van der Waals surface area contributed by atoms with Crippen molar-refractivity contribution in [3.63, 3.8) is 0 Å². The Kier molecular flexibility index (Phi) is 6.60. The van der Waals surface area contributed by atoms with Crippen LogP contribution in [-0.4, -0.2) is 23.8 Å². The zero-order chi connectivity index (χ0) is 19.3. The Morgan fingerprint density at radius 2 is 1.88 bits per heavy atom. The Balaban J connectivity index is 2.15. The first-order chi connectivity index (χ1) is 12.3. The lowest BCUT2D eigenvalue weighted by Crippen LogP contribution is -2.45. The molecule has 6 nitrogen and oxygen atoms in total. The SMILES string of the molecule is CC(=O)Oc1cccc(C(=O)N[C@H](Cc2ccc(Cl)cc2Cl)C(N)=O)c1. The molecule has 0 aliphatic rings. The first-order valence-corrected chi connectivity index (χ1v) is 8.34. The highest BCUT2D eigenvalue weighted by molar-refractivity contribution is 6.35. The van der Waals surface area contributed by atoms with Crippen molar-refractivity contribution in [2.45, 2.75) is 19.4 Å². The van der Waals surface area contributed by atoms with Gasteiger partial charge in [-0.25, -0.2) is 0 Å². The molecule has 1 atom stereocenters. The second kappa shape index (κ2) is 8.69. The molecular formula is C18H16Cl2N2O4. The largest absolute Gasteiger partial charge is 0.427 e. The summed E-state index contributed by atoms with van der Waals surface area (Å²) in [6, 6.07) is 9.87. The number of esters is 1. The first-order valence-electron chi connectivity index (χ1n) is 7.59. The van der Waals surface area contributed by atoms with Crippen LogP contribution in [0.15, 0.2) is 42.5 Å². The molecule has 2 aromatic carbocycles. The van der Waals surface area contributed by atoms with E-state index < -0.39 is 23.8 Å². The number of carbonyl (C=O) groups excluding carboxylic acids is 3. The average Bonchev–Trinajstić information content (AvgIpc) is 2.55. The zero-order valence-electron chi connectivity index (χ0n) is 13.8. The molecule has 0 bridgehead atoms. The van der Waals surface area contributed by atoms with Crippen molar-refractivity contribution in [1.29, 1.82) is 0 Å². The highest BCUT2D eigenvalue weighted by atomic mass is 35.5.